The van der Waals surface area contributed by atoms with Gasteiger partial charge in [-0.25, -0.2) is 0 Å². The molecule has 0 aromatic heterocycles. The summed E-state index contributed by atoms with van der Waals surface area (Å²) in [6.07, 6.45) is -9.46. The SMILES string of the molecule is CCCCCCC[C@H]1OC(C(F)(F)F)(C(F)(F)F)O[C@@H]1C. The molecule has 0 saturated carbocycles. The summed E-state index contributed by atoms with van der Waals surface area (Å²) < 4.78 is 85.2. The summed E-state index contributed by atoms with van der Waals surface area (Å²) in [5.41, 5.74) is 0. The first-order valence-corrected chi connectivity index (χ1v) is 7.04. The zero-order chi connectivity index (χ0) is 16.3. The standard InChI is InChI=1S/C13H20F6O2/c1-3-4-5-6-7-8-10-9(2)20-11(21-10,12(14,15)16)13(17,18)19/h9-10H,3-8H2,1-2H3/t9-,10-/m1/s1. The van der Waals surface area contributed by atoms with Gasteiger partial charge in [0, 0.05) is 0 Å². The smallest absolute Gasteiger partial charge is 0.330 e. The van der Waals surface area contributed by atoms with Crippen molar-refractivity contribution in [3.8, 4) is 0 Å². The van der Waals surface area contributed by atoms with Crippen LogP contribution in [0.2, 0.25) is 0 Å². The number of halogens is 6. The number of rotatable bonds is 6. The molecule has 0 N–H and O–H groups in total. The quantitative estimate of drug-likeness (QED) is 0.508. The highest BCUT2D eigenvalue weighted by Gasteiger charge is 2.78. The monoisotopic (exact) mass is 322 g/mol. The summed E-state index contributed by atoms with van der Waals surface area (Å²) in [6, 6.07) is 0. The normalized spacial score (nSPS) is 26.3. The summed E-state index contributed by atoms with van der Waals surface area (Å²) in [4.78, 5) is 0. The summed E-state index contributed by atoms with van der Waals surface area (Å²) in [7, 11) is 0. The van der Waals surface area contributed by atoms with Crippen molar-refractivity contribution in [2.24, 2.45) is 0 Å². The van der Waals surface area contributed by atoms with Crippen LogP contribution in [0.15, 0.2) is 0 Å². The zero-order valence-electron chi connectivity index (χ0n) is 12.0. The number of ether oxygens (including phenoxy) is 2. The molecule has 0 radical (unpaired) electrons. The fraction of sp³-hybridized carbons (Fsp3) is 1.00. The van der Waals surface area contributed by atoms with E-state index in [4.69, 9.17) is 0 Å². The Bertz CT molecular complexity index is 312. The Morgan fingerprint density at radius 1 is 0.857 bits per heavy atom. The number of unbranched alkanes of at least 4 members (excludes halogenated alkanes) is 4. The van der Waals surface area contributed by atoms with E-state index < -0.39 is 30.3 Å². The first-order valence-electron chi connectivity index (χ1n) is 7.04. The van der Waals surface area contributed by atoms with Crippen LogP contribution in [0, 0.1) is 0 Å². The summed E-state index contributed by atoms with van der Waals surface area (Å²) in [6.45, 7) is 3.19. The fourth-order valence-electron chi connectivity index (χ4n) is 2.35. The first-order chi connectivity index (χ1) is 9.55. The van der Waals surface area contributed by atoms with E-state index in [1.54, 1.807) is 0 Å². The van der Waals surface area contributed by atoms with Crippen molar-refractivity contribution < 1.29 is 35.8 Å². The van der Waals surface area contributed by atoms with E-state index in [0.717, 1.165) is 25.7 Å². The molecule has 2 atom stereocenters. The maximum absolute atomic E-state index is 12.8. The predicted molar refractivity (Wildman–Crippen MR) is 63.6 cm³/mol. The molecule has 0 aliphatic carbocycles. The van der Waals surface area contributed by atoms with Crippen molar-refractivity contribution in [1.82, 2.24) is 0 Å². The van der Waals surface area contributed by atoms with Gasteiger partial charge >= 0.3 is 18.1 Å². The molecule has 1 aliphatic heterocycles. The van der Waals surface area contributed by atoms with Crippen LogP contribution in [0.25, 0.3) is 0 Å². The highest BCUT2D eigenvalue weighted by atomic mass is 19.4. The number of alkyl halides is 6. The Kier molecular flexibility index (Phi) is 5.94. The highest BCUT2D eigenvalue weighted by Crippen LogP contribution is 2.52. The molecule has 0 bridgehead atoms. The zero-order valence-corrected chi connectivity index (χ0v) is 12.0. The van der Waals surface area contributed by atoms with Gasteiger partial charge in [-0.1, -0.05) is 39.0 Å². The minimum atomic E-state index is -5.66. The lowest BCUT2D eigenvalue weighted by atomic mass is 10.1. The molecular formula is C13H20F6O2. The second-order valence-electron chi connectivity index (χ2n) is 5.29. The largest absolute Gasteiger partial charge is 0.453 e. The van der Waals surface area contributed by atoms with Gasteiger partial charge in [-0.2, -0.15) is 26.3 Å². The summed E-state index contributed by atoms with van der Waals surface area (Å²) in [5.74, 6) is -4.49. The average molecular weight is 322 g/mol. The Labute approximate surface area is 119 Å². The summed E-state index contributed by atoms with van der Waals surface area (Å²) in [5, 5.41) is 0. The molecule has 0 unspecified atom stereocenters. The van der Waals surface area contributed by atoms with Crippen LogP contribution in [0.1, 0.15) is 52.4 Å². The van der Waals surface area contributed by atoms with Gasteiger partial charge in [0.15, 0.2) is 0 Å². The van der Waals surface area contributed by atoms with Crippen LogP contribution in [0.5, 0.6) is 0 Å². The Balaban J connectivity index is 2.68. The molecule has 21 heavy (non-hydrogen) atoms. The molecule has 1 saturated heterocycles. The molecule has 0 aromatic rings. The lowest BCUT2D eigenvalue weighted by molar-refractivity contribution is -0.445. The van der Waals surface area contributed by atoms with Crippen molar-refractivity contribution in [1.29, 1.82) is 0 Å². The van der Waals surface area contributed by atoms with Crippen molar-refractivity contribution in [2.45, 2.75) is 82.7 Å². The van der Waals surface area contributed by atoms with Crippen molar-refractivity contribution in [3.05, 3.63) is 0 Å². The maximum Gasteiger partial charge on any atom is 0.453 e. The maximum atomic E-state index is 12.8. The fourth-order valence-corrected chi connectivity index (χ4v) is 2.35. The van der Waals surface area contributed by atoms with Crippen LogP contribution in [0.4, 0.5) is 26.3 Å². The van der Waals surface area contributed by atoms with Crippen LogP contribution >= 0.6 is 0 Å². The van der Waals surface area contributed by atoms with Gasteiger partial charge in [0.05, 0.1) is 12.2 Å². The van der Waals surface area contributed by atoms with Crippen molar-refractivity contribution in [3.63, 3.8) is 0 Å². The molecule has 1 aliphatic rings. The first kappa shape index (κ1) is 18.5. The second kappa shape index (κ2) is 6.73. The van der Waals surface area contributed by atoms with Crippen LogP contribution in [-0.4, -0.2) is 30.3 Å². The topological polar surface area (TPSA) is 18.5 Å². The Morgan fingerprint density at radius 3 is 1.81 bits per heavy atom. The van der Waals surface area contributed by atoms with E-state index >= 15 is 0 Å². The van der Waals surface area contributed by atoms with Gasteiger partial charge in [0.1, 0.15) is 0 Å². The Hall–Kier alpha value is -0.500. The molecule has 8 heteroatoms. The van der Waals surface area contributed by atoms with E-state index in [2.05, 4.69) is 9.47 Å². The molecule has 0 aromatic carbocycles. The molecule has 2 nitrogen and oxygen atoms in total. The lowest BCUT2D eigenvalue weighted by Gasteiger charge is -2.31. The summed E-state index contributed by atoms with van der Waals surface area (Å²) >= 11 is 0. The van der Waals surface area contributed by atoms with Gasteiger partial charge in [-0.3, -0.25) is 0 Å². The Morgan fingerprint density at radius 2 is 1.38 bits per heavy atom. The average Bonchev–Trinajstić information content (AvgIpc) is 2.67. The molecule has 126 valence electrons. The van der Waals surface area contributed by atoms with Crippen LogP contribution in [0.3, 0.4) is 0 Å². The highest BCUT2D eigenvalue weighted by molar-refractivity contribution is 4.95. The third kappa shape index (κ3) is 4.03. The van der Waals surface area contributed by atoms with Gasteiger partial charge in [0.25, 0.3) is 0 Å². The molecule has 1 heterocycles. The minimum absolute atomic E-state index is 0.124. The van der Waals surface area contributed by atoms with E-state index in [1.807, 2.05) is 6.92 Å². The van der Waals surface area contributed by atoms with E-state index in [0.29, 0.717) is 6.42 Å². The molecule has 1 fully saturated rings. The lowest BCUT2D eigenvalue weighted by Crippen LogP contribution is -2.58. The number of hydrogen-bond donors (Lipinski definition) is 0. The van der Waals surface area contributed by atoms with Crippen LogP contribution < -0.4 is 0 Å². The van der Waals surface area contributed by atoms with Gasteiger partial charge in [0.2, 0.25) is 0 Å². The third-order valence-corrected chi connectivity index (χ3v) is 3.53. The van der Waals surface area contributed by atoms with Gasteiger partial charge in [-0.15, -0.1) is 0 Å². The minimum Gasteiger partial charge on any atom is -0.330 e. The molecule has 1 rings (SSSR count). The van der Waals surface area contributed by atoms with E-state index in [9.17, 15) is 26.3 Å². The molecular weight excluding hydrogens is 302 g/mol. The van der Waals surface area contributed by atoms with Gasteiger partial charge in [-0.05, 0) is 13.3 Å². The second-order valence-corrected chi connectivity index (χ2v) is 5.29. The van der Waals surface area contributed by atoms with E-state index in [1.165, 1.54) is 6.92 Å². The third-order valence-electron chi connectivity index (χ3n) is 3.53. The van der Waals surface area contributed by atoms with Crippen molar-refractivity contribution >= 4 is 0 Å². The predicted octanol–water partition coefficient (Wildman–Crippen LogP) is 4.97. The van der Waals surface area contributed by atoms with Crippen LogP contribution in [-0.2, 0) is 9.47 Å². The van der Waals surface area contributed by atoms with Crippen molar-refractivity contribution in [2.75, 3.05) is 0 Å². The van der Waals surface area contributed by atoms with E-state index in [-0.39, 0.29) is 6.42 Å². The van der Waals surface area contributed by atoms with Gasteiger partial charge < -0.3 is 9.47 Å². The molecule has 0 spiro atoms. The molecule has 0 amide bonds. The number of hydrogen-bond acceptors (Lipinski definition) is 2.